The van der Waals surface area contributed by atoms with Crippen LogP contribution in [0.5, 0.6) is 0 Å². The quantitative estimate of drug-likeness (QED) is 0.471. The van der Waals surface area contributed by atoms with Gasteiger partial charge in [-0.1, -0.05) is 0 Å². The van der Waals surface area contributed by atoms with Crippen LogP contribution in [-0.4, -0.2) is 9.38 Å². The molecule has 118 valence electrons. The van der Waals surface area contributed by atoms with Crippen molar-refractivity contribution in [3.63, 3.8) is 0 Å². The zero-order valence-electron chi connectivity index (χ0n) is 11.8. The van der Waals surface area contributed by atoms with Gasteiger partial charge in [0.15, 0.2) is 5.82 Å². The van der Waals surface area contributed by atoms with Crippen molar-refractivity contribution in [1.29, 1.82) is 0 Å². The molecule has 8 heteroatoms. The first-order chi connectivity index (χ1) is 10.8. The maximum Gasteiger partial charge on any atom is 0.417 e. The van der Waals surface area contributed by atoms with Crippen LogP contribution in [0.15, 0.2) is 52.8 Å². The predicted octanol–water partition coefficient (Wildman–Crippen LogP) is 5.22. The molecule has 0 aliphatic rings. The summed E-state index contributed by atoms with van der Waals surface area (Å²) in [7, 11) is 0. The third kappa shape index (κ3) is 3.05. The fourth-order valence-electron chi connectivity index (χ4n) is 2.05. The highest BCUT2D eigenvalue weighted by atomic mass is 19.4. The number of halogens is 4. The van der Waals surface area contributed by atoms with E-state index in [1.54, 1.807) is 6.92 Å². The molecule has 0 amide bonds. The minimum atomic E-state index is -4.46. The highest BCUT2D eigenvalue weighted by Gasteiger charge is 2.31. The van der Waals surface area contributed by atoms with E-state index in [1.165, 1.54) is 34.7 Å². The standard InChI is InChI=1S/C15H10F4N4/c1-9-14(22-21-12-5-3-11(16)4-6-12)23-8-10(15(17,18)19)2-7-13(23)20-9/h2-8H,1H3. The summed E-state index contributed by atoms with van der Waals surface area (Å²) in [5.74, 6) is -0.222. The number of alkyl halides is 3. The molecule has 0 saturated heterocycles. The van der Waals surface area contributed by atoms with Crippen molar-refractivity contribution in [2.45, 2.75) is 13.1 Å². The first-order valence-electron chi connectivity index (χ1n) is 6.58. The SMILES string of the molecule is Cc1nc2ccc(C(F)(F)F)cn2c1N=Nc1ccc(F)cc1. The zero-order chi connectivity index (χ0) is 16.6. The Labute approximate surface area is 128 Å². The molecule has 2 heterocycles. The smallest absolute Gasteiger partial charge is 0.282 e. The molecule has 0 atom stereocenters. The Morgan fingerprint density at radius 1 is 1.00 bits per heavy atom. The van der Waals surface area contributed by atoms with E-state index in [2.05, 4.69) is 15.2 Å². The molecule has 0 N–H and O–H groups in total. The summed E-state index contributed by atoms with van der Waals surface area (Å²) < 4.78 is 52.5. The molecule has 0 aliphatic carbocycles. The summed E-state index contributed by atoms with van der Waals surface area (Å²) in [6.45, 7) is 1.62. The minimum absolute atomic E-state index is 0.190. The molecule has 0 aliphatic heterocycles. The van der Waals surface area contributed by atoms with Gasteiger partial charge in [0.2, 0.25) is 0 Å². The molecule has 0 saturated carbocycles. The van der Waals surface area contributed by atoms with Crippen molar-refractivity contribution in [1.82, 2.24) is 9.38 Å². The van der Waals surface area contributed by atoms with Crippen LogP contribution in [0.25, 0.3) is 5.65 Å². The van der Waals surface area contributed by atoms with Crippen LogP contribution in [0.2, 0.25) is 0 Å². The second kappa shape index (κ2) is 5.45. The average Bonchev–Trinajstić information content (AvgIpc) is 2.80. The van der Waals surface area contributed by atoms with Crippen molar-refractivity contribution in [3.05, 3.63) is 59.7 Å². The average molecular weight is 322 g/mol. The Morgan fingerprint density at radius 3 is 2.35 bits per heavy atom. The van der Waals surface area contributed by atoms with Crippen molar-refractivity contribution in [2.24, 2.45) is 10.2 Å². The molecule has 1 aromatic carbocycles. The number of aryl methyl sites for hydroxylation is 1. The van der Waals surface area contributed by atoms with Gasteiger partial charge in [0.1, 0.15) is 11.5 Å². The van der Waals surface area contributed by atoms with Gasteiger partial charge in [-0.15, -0.1) is 10.2 Å². The van der Waals surface area contributed by atoms with Crippen LogP contribution in [0.3, 0.4) is 0 Å². The summed E-state index contributed by atoms with van der Waals surface area (Å²) in [4.78, 5) is 4.14. The van der Waals surface area contributed by atoms with Gasteiger partial charge in [-0.05, 0) is 43.3 Å². The molecule has 0 bridgehead atoms. The van der Waals surface area contributed by atoms with Crippen LogP contribution in [-0.2, 0) is 6.18 Å². The number of rotatable bonds is 2. The van der Waals surface area contributed by atoms with E-state index in [1.807, 2.05) is 0 Å². The molecule has 0 unspecified atom stereocenters. The summed E-state index contributed by atoms with van der Waals surface area (Å²) in [5.41, 5.74) is 0.354. The maximum absolute atomic E-state index is 12.8. The van der Waals surface area contributed by atoms with Crippen molar-refractivity contribution in [2.75, 3.05) is 0 Å². The lowest BCUT2D eigenvalue weighted by atomic mass is 10.3. The topological polar surface area (TPSA) is 42.0 Å². The Kier molecular flexibility index (Phi) is 3.59. The van der Waals surface area contributed by atoms with Crippen molar-refractivity contribution in [3.8, 4) is 0 Å². The fraction of sp³-hybridized carbons (Fsp3) is 0.133. The Morgan fingerprint density at radius 2 is 1.70 bits per heavy atom. The predicted molar refractivity (Wildman–Crippen MR) is 75.5 cm³/mol. The number of azo groups is 1. The van der Waals surface area contributed by atoms with Crippen LogP contribution < -0.4 is 0 Å². The van der Waals surface area contributed by atoms with Gasteiger partial charge in [0.25, 0.3) is 0 Å². The molecule has 3 rings (SSSR count). The third-order valence-corrected chi connectivity index (χ3v) is 3.18. The van der Waals surface area contributed by atoms with Gasteiger partial charge in [-0.2, -0.15) is 13.2 Å². The van der Waals surface area contributed by atoms with E-state index in [0.717, 1.165) is 12.3 Å². The van der Waals surface area contributed by atoms with Gasteiger partial charge >= 0.3 is 6.18 Å². The van der Waals surface area contributed by atoms with Crippen LogP contribution in [0.1, 0.15) is 11.3 Å². The van der Waals surface area contributed by atoms with E-state index in [9.17, 15) is 17.6 Å². The fourth-order valence-corrected chi connectivity index (χ4v) is 2.05. The van der Waals surface area contributed by atoms with E-state index < -0.39 is 17.6 Å². The Hall–Kier alpha value is -2.77. The number of pyridine rings is 1. The minimum Gasteiger partial charge on any atom is -0.282 e. The van der Waals surface area contributed by atoms with Crippen LogP contribution >= 0.6 is 0 Å². The summed E-state index contributed by atoms with van der Waals surface area (Å²) in [5, 5.41) is 7.86. The number of imidazole rings is 1. The lowest BCUT2D eigenvalue weighted by Crippen LogP contribution is -2.06. The van der Waals surface area contributed by atoms with E-state index in [0.29, 0.717) is 17.0 Å². The van der Waals surface area contributed by atoms with Gasteiger partial charge in [0, 0.05) is 6.20 Å². The van der Waals surface area contributed by atoms with Gasteiger partial charge in [-0.3, -0.25) is 4.40 Å². The maximum atomic E-state index is 12.8. The van der Waals surface area contributed by atoms with Gasteiger partial charge < -0.3 is 0 Å². The van der Waals surface area contributed by atoms with Crippen molar-refractivity contribution >= 4 is 17.2 Å². The molecular formula is C15H10F4N4. The highest BCUT2D eigenvalue weighted by molar-refractivity contribution is 5.53. The molecule has 0 spiro atoms. The van der Waals surface area contributed by atoms with Crippen LogP contribution in [0, 0.1) is 12.7 Å². The van der Waals surface area contributed by atoms with E-state index >= 15 is 0 Å². The normalized spacial score (nSPS) is 12.4. The zero-order valence-corrected chi connectivity index (χ0v) is 11.8. The second-order valence-electron chi connectivity index (χ2n) is 4.84. The summed E-state index contributed by atoms with van der Waals surface area (Å²) >= 11 is 0. The number of nitrogens with zero attached hydrogens (tertiary/aromatic N) is 4. The number of benzene rings is 1. The third-order valence-electron chi connectivity index (χ3n) is 3.18. The number of hydrogen-bond donors (Lipinski definition) is 0. The number of aromatic nitrogens is 2. The first kappa shape index (κ1) is 15.1. The number of fused-ring (bicyclic) bond motifs is 1. The molecule has 3 aromatic rings. The van der Waals surface area contributed by atoms with Crippen LogP contribution in [0.4, 0.5) is 29.1 Å². The summed E-state index contributed by atoms with van der Waals surface area (Å²) in [6.07, 6.45) is -3.54. The molecule has 4 nitrogen and oxygen atoms in total. The van der Waals surface area contributed by atoms with Gasteiger partial charge in [-0.25, -0.2) is 9.37 Å². The monoisotopic (exact) mass is 322 g/mol. The number of hydrogen-bond acceptors (Lipinski definition) is 3. The molecule has 0 radical (unpaired) electrons. The Bertz CT molecular complexity index is 879. The van der Waals surface area contributed by atoms with E-state index in [-0.39, 0.29) is 5.82 Å². The van der Waals surface area contributed by atoms with E-state index in [4.69, 9.17) is 0 Å². The largest absolute Gasteiger partial charge is 0.417 e. The molecule has 0 fully saturated rings. The lowest BCUT2D eigenvalue weighted by Gasteiger charge is -2.06. The van der Waals surface area contributed by atoms with Gasteiger partial charge in [0.05, 0.1) is 16.9 Å². The van der Waals surface area contributed by atoms with Crippen molar-refractivity contribution < 1.29 is 17.6 Å². The second-order valence-corrected chi connectivity index (χ2v) is 4.84. The molecule has 23 heavy (non-hydrogen) atoms. The Balaban J connectivity index is 2.05. The lowest BCUT2D eigenvalue weighted by molar-refractivity contribution is -0.137. The molecular weight excluding hydrogens is 312 g/mol. The summed E-state index contributed by atoms with van der Waals surface area (Å²) in [6, 6.07) is 7.50. The highest BCUT2D eigenvalue weighted by Crippen LogP contribution is 2.31. The molecule has 2 aromatic heterocycles. The first-order valence-corrected chi connectivity index (χ1v) is 6.58.